The van der Waals surface area contributed by atoms with E-state index in [4.69, 9.17) is 21.1 Å². The lowest BCUT2D eigenvalue weighted by atomic mass is 10.1. The van der Waals surface area contributed by atoms with E-state index in [0.717, 1.165) is 0 Å². The fourth-order valence-corrected chi connectivity index (χ4v) is 1.84. The molecule has 1 heterocycles. The topological polar surface area (TPSA) is 31.4 Å². The van der Waals surface area contributed by atoms with Crippen molar-refractivity contribution in [2.75, 3.05) is 0 Å². The van der Waals surface area contributed by atoms with Crippen molar-refractivity contribution < 1.29 is 13.9 Å². The Bertz CT molecular complexity index is 514. The van der Waals surface area contributed by atoms with Crippen molar-refractivity contribution >= 4 is 11.6 Å². The Hall–Kier alpha value is -1.39. The third kappa shape index (κ3) is 4.04. The minimum atomic E-state index is -0.581. The van der Waals surface area contributed by atoms with E-state index in [-0.39, 0.29) is 23.1 Å². The molecule has 0 amide bonds. The molecule has 102 valence electrons. The van der Waals surface area contributed by atoms with Gasteiger partial charge in [0.05, 0.1) is 17.2 Å². The number of rotatable bonds is 4. The van der Waals surface area contributed by atoms with Crippen LogP contribution in [0.25, 0.3) is 0 Å². The van der Waals surface area contributed by atoms with E-state index in [0.29, 0.717) is 12.2 Å². The van der Waals surface area contributed by atoms with E-state index in [9.17, 15) is 4.39 Å². The lowest BCUT2D eigenvalue weighted by Crippen LogP contribution is -2.17. The second-order valence-electron chi connectivity index (χ2n) is 4.47. The second-order valence-corrected chi connectivity index (χ2v) is 4.90. The maximum Gasteiger partial charge on any atom is 0.255 e. The molecule has 1 aromatic rings. The summed E-state index contributed by atoms with van der Waals surface area (Å²) in [5.41, 5.74) is 0. The fourth-order valence-electron chi connectivity index (χ4n) is 1.70. The number of nitrogens with zero attached hydrogens (tertiary/aromatic N) is 1. The summed E-state index contributed by atoms with van der Waals surface area (Å²) in [6.45, 7) is 3.97. The molecule has 19 heavy (non-hydrogen) atoms. The fraction of sp³-hybridized carbons (Fsp3) is 0.357. The van der Waals surface area contributed by atoms with Crippen molar-refractivity contribution in [2.24, 2.45) is 0 Å². The van der Waals surface area contributed by atoms with Crippen LogP contribution in [0.1, 0.15) is 20.3 Å². The third-order valence-corrected chi connectivity index (χ3v) is 2.67. The van der Waals surface area contributed by atoms with Crippen molar-refractivity contribution in [1.82, 2.24) is 4.98 Å². The number of aromatic nitrogens is 1. The minimum absolute atomic E-state index is 0.0374. The largest absolute Gasteiger partial charge is 0.437 e. The van der Waals surface area contributed by atoms with E-state index in [1.165, 1.54) is 12.3 Å². The molecule has 0 spiro atoms. The van der Waals surface area contributed by atoms with Gasteiger partial charge >= 0.3 is 0 Å². The van der Waals surface area contributed by atoms with Gasteiger partial charge in [-0.3, -0.25) is 0 Å². The van der Waals surface area contributed by atoms with Crippen molar-refractivity contribution in [3.8, 4) is 5.88 Å². The molecule has 1 aliphatic carbocycles. The number of ether oxygens (including phenoxy) is 2. The van der Waals surface area contributed by atoms with Crippen LogP contribution in [0.5, 0.6) is 5.88 Å². The Balaban J connectivity index is 1.98. The smallest absolute Gasteiger partial charge is 0.255 e. The molecule has 0 aliphatic heterocycles. The lowest BCUT2D eigenvalue weighted by molar-refractivity contribution is 0.0360. The van der Waals surface area contributed by atoms with Crippen molar-refractivity contribution in [2.45, 2.75) is 32.5 Å². The van der Waals surface area contributed by atoms with Crippen LogP contribution < -0.4 is 4.74 Å². The highest BCUT2D eigenvalue weighted by Gasteiger charge is 2.13. The highest BCUT2D eigenvalue weighted by Crippen LogP contribution is 2.22. The molecule has 0 saturated heterocycles. The second kappa shape index (κ2) is 6.17. The molecule has 0 fully saturated rings. The highest BCUT2D eigenvalue weighted by atomic mass is 35.5. The average molecular weight is 284 g/mol. The molecule has 1 aliphatic rings. The highest BCUT2D eigenvalue weighted by molar-refractivity contribution is 6.30. The van der Waals surface area contributed by atoms with Crippen LogP contribution in [0, 0.1) is 5.82 Å². The maximum atomic E-state index is 13.5. The van der Waals surface area contributed by atoms with Gasteiger partial charge in [-0.05, 0) is 38.5 Å². The van der Waals surface area contributed by atoms with Gasteiger partial charge in [-0.2, -0.15) is 0 Å². The summed E-state index contributed by atoms with van der Waals surface area (Å²) in [4.78, 5) is 3.80. The van der Waals surface area contributed by atoms with Crippen LogP contribution in [0.2, 0.25) is 5.02 Å². The van der Waals surface area contributed by atoms with E-state index in [2.05, 4.69) is 4.98 Å². The molecule has 1 unspecified atom stereocenters. The summed E-state index contributed by atoms with van der Waals surface area (Å²) >= 11 is 5.62. The molecular weight excluding hydrogens is 269 g/mol. The zero-order chi connectivity index (χ0) is 13.8. The summed E-state index contributed by atoms with van der Waals surface area (Å²) < 4.78 is 24.5. The number of hydrogen-bond acceptors (Lipinski definition) is 3. The van der Waals surface area contributed by atoms with Gasteiger partial charge in [0.15, 0.2) is 5.82 Å². The van der Waals surface area contributed by atoms with Crippen LogP contribution in [0.15, 0.2) is 36.3 Å². The standard InChI is InChI=1S/C14H15ClFNO2/c1-9(2)18-11-3-5-12(6-4-11)19-14-13(16)7-10(15)8-17-14/h3,5-9,11H,4H2,1-2H3. The minimum Gasteiger partial charge on any atom is -0.437 e. The SMILES string of the molecule is CC(C)OC1C=CC(Oc2ncc(Cl)cc2F)=CC1. The predicted molar refractivity (Wildman–Crippen MR) is 71.7 cm³/mol. The summed E-state index contributed by atoms with van der Waals surface area (Å²) in [5, 5.41) is 0.239. The van der Waals surface area contributed by atoms with Gasteiger partial charge < -0.3 is 9.47 Å². The number of allylic oxidation sites excluding steroid dienone is 1. The lowest BCUT2D eigenvalue weighted by Gasteiger charge is -2.19. The Morgan fingerprint density at radius 3 is 2.84 bits per heavy atom. The van der Waals surface area contributed by atoms with Crippen LogP contribution >= 0.6 is 11.6 Å². The van der Waals surface area contributed by atoms with Gasteiger partial charge in [0, 0.05) is 6.20 Å². The summed E-state index contributed by atoms with van der Waals surface area (Å²) in [7, 11) is 0. The molecule has 0 radical (unpaired) electrons. The first kappa shape index (κ1) is 14.0. The number of pyridine rings is 1. The van der Waals surface area contributed by atoms with Crippen LogP contribution in [0.3, 0.4) is 0 Å². The summed E-state index contributed by atoms with van der Waals surface area (Å²) in [5.74, 6) is -0.108. The van der Waals surface area contributed by atoms with Gasteiger partial charge in [-0.1, -0.05) is 17.7 Å². The molecule has 3 nitrogen and oxygen atoms in total. The van der Waals surface area contributed by atoms with Crippen LogP contribution in [-0.4, -0.2) is 17.2 Å². The summed E-state index contributed by atoms with van der Waals surface area (Å²) in [6, 6.07) is 1.17. The van der Waals surface area contributed by atoms with Gasteiger partial charge in [-0.15, -0.1) is 0 Å². The van der Waals surface area contributed by atoms with Crippen molar-refractivity contribution in [3.05, 3.63) is 47.1 Å². The van der Waals surface area contributed by atoms with Gasteiger partial charge in [-0.25, -0.2) is 9.37 Å². The third-order valence-electron chi connectivity index (χ3n) is 2.46. The van der Waals surface area contributed by atoms with E-state index in [1.807, 2.05) is 26.0 Å². The van der Waals surface area contributed by atoms with Crippen LogP contribution in [0.4, 0.5) is 4.39 Å². The molecule has 2 rings (SSSR count). The van der Waals surface area contributed by atoms with Crippen molar-refractivity contribution in [1.29, 1.82) is 0 Å². The Kier molecular flexibility index (Phi) is 4.56. The normalized spacial score (nSPS) is 18.6. The molecule has 0 N–H and O–H groups in total. The van der Waals surface area contributed by atoms with E-state index >= 15 is 0 Å². The molecule has 0 bridgehead atoms. The van der Waals surface area contributed by atoms with E-state index < -0.39 is 5.82 Å². The predicted octanol–water partition coefficient (Wildman–Crippen LogP) is 3.89. The zero-order valence-electron chi connectivity index (χ0n) is 10.8. The Labute approximate surface area is 116 Å². The first-order valence-corrected chi connectivity index (χ1v) is 6.45. The Morgan fingerprint density at radius 2 is 2.26 bits per heavy atom. The Morgan fingerprint density at radius 1 is 1.47 bits per heavy atom. The van der Waals surface area contributed by atoms with Gasteiger partial charge in [0.2, 0.25) is 0 Å². The number of halogens is 2. The molecule has 0 saturated carbocycles. The quantitative estimate of drug-likeness (QED) is 0.840. The monoisotopic (exact) mass is 283 g/mol. The van der Waals surface area contributed by atoms with Crippen LogP contribution in [-0.2, 0) is 4.74 Å². The van der Waals surface area contributed by atoms with Crippen molar-refractivity contribution in [3.63, 3.8) is 0 Å². The average Bonchev–Trinajstić information content (AvgIpc) is 2.34. The van der Waals surface area contributed by atoms with E-state index in [1.54, 1.807) is 6.08 Å². The first-order chi connectivity index (χ1) is 9.04. The molecular formula is C14H15ClFNO2. The molecule has 1 atom stereocenters. The number of hydrogen-bond donors (Lipinski definition) is 0. The van der Waals surface area contributed by atoms with Gasteiger partial charge in [0.25, 0.3) is 5.88 Å². The molecule has 5 heteroatoms. The summed E-state index contributed by atoms with van der Waals surface area (Å²) in [6.07, 6.45) is 7.74. The first-order valence-electron chi connectivity index (χ1n) is 6.07. The van der Waals surface area contributed by atoms with Gasteiger partial charge in [0.1, 0.15) is 5.76 Å². The molecule has 0 aromatic carbocycles. The molecule has 1 aromatic heterocycles. The maximum absolute atomic E-state index is 13.5. The zero-order valence-corrected chi connectivity index (χ0v) is 11.5.